The number of benzene rings is 2. The van der Waals surface area contributed by atoms with E-state index in [0.717, 1.165) is 11.1 Å². The monoisotopic (exact) mass is 490 g/mol. The van der Waals surface area contributed by atoms with Crippen LogP contribution < -0.4 is 10.6 Å². The van der Waals surface area contributed by atoms with Crippen molar-refractivity contribution in [1.29, 1.82) is 0 Å². The van der Waals surface area contributed by atoms with Crippen molar-refractivity contribution in [1.82, 2.24) is 10.6 Å². The van der Waals surface area contributed by atoms with Crippen molar-refractivity contribution in [2.24, 2.45) is 0 Å². The molecule has 0 radical (unpaired) electrons. The highest BCUT2D eigenvalue weighted by molar-refractivity contribution is 5.67. The minimum atomic E-state index is -1.13. The second-order valence-electron chi connectivity index (χ2n) is 8.99. The van der Waals surface area contributed by atoms with Crippen LogP contribution in [0.15, 0.2) is 60.7 Å². The highest BCUT2D eigenvalue weighted by Gasteiger charge is 2.16. The highest BCUT2D eigenvalue weighted by atomic mass is 19.1. The molecule has 0 aliphatic carbocycles. The predicted octanol–water partition coefficient (Wildman–Crippen LogP) is 4.28. The van der Waals surface area contributed by atoms with Crippen molar-refractivity contribution in [2.45, 2.75) is 38.6 Å². The Hall–Kier alpha value is -2.52. The third-order valence-electron chi connectivity index (χ3n) is 4.77. The standard InChI is InChI=1S/C27H39FN2O5/c1-27(2,3)35-26(31)29-14-15-32-16-17-33-18-19-34-21-24(28)20-30-25(22-10-6-4-7-11-22)23-12-8-5-9-13-23/h4-13,24-25,30H,14-21H2,1-3H3,(H,29,31). The molecule has 0 saturated heterocycles. The van der Waals surface area contributed by atoms with E-state index in [-0.39, 0.29) is 19.2 Å². The molecule has 0 saturated carbocycles. The van der Waals surface area contributed by atoms with Crippen molar-refractivity contribution in [2.75, 3.05) is 52.7 Å². The molecule has 0 fully saturated rings. The molecule has 0 spiro atoms. The fraction of sp³-hybridized carbons (Fsp3) is 0.519. The molecule has 35 heavy (non-hydrogen) atoms. The van der Waals surface area contributed by atoms with E-state index < -0.39 is 17.9 Å². The number of hydrogen-bond acceptors (Lipinski definition) is 6. The van der Waals surface area contributed by atoms with Crippen LogP contribution >= 0.6 is 0 Å². The van der Waals surface area contributed by atoms with Gasteiger partial charge in [0.2, 0.25) is 0 Å². The Morgan fingerprint density at radius 2 is 1.34 bits per heavy atom. The van der Waals surface area contributed by atoms with Crippen LogP contribution in [0.5, 0.6) is 0 Å². The summed E-state index contributed by atoms with van der Waals surface area (Å²) in [7, 11) is 0. The summed E-state index contributed by atoms with van der Waals surface area (Å²) in [6, 6.07) is 19.9. The summed E-state index contributed by atoms with van der Waals surface area (Å²) < 4.78 is 35.7. The molecule has 0 bridgehead atoms. The van der Waals surface area contributed by atoms with Gasteiger partial charge in [-0.2, -0.15) is 0 Å². The maximum Gasteiger partial charge on any atom is 0.407 e. The van der Waals surface area contributed by atoms with Crippen molar-refractivity contribution >= 4 is 6.09 Å². The molecular weight excluding hydrogens is 451 g/mol. The van der Waals surface area contributed by atoms with Crippen LogP contribution in [0.25, 0.3) is 0 Å². The van der Waals surface area contributed by atoms with Crippen molar-refractivity contribution in [3.05, 3.63) is 71.8 Å². The summed E-state index contributed by atoms with van der Waals surface area (Å²) in [5, 5.41) is 5.94. The van der Waals surface area contributed by atoms with E-state index in [1.807, 2.05) is 81.4 Å². The molecule has 2 rings (SSSR count). The Balaban J connectivity index is 1.50. The average Bonchev–Trinajstić information content (AvgIpc) is 2.83. The fourth-order valence-corrected chi connectivity index (χ4v) is 3.21. The minimum absolute atomic E-state index is 0.000502. The third-order valence-corrected chi connectivity index (χ3v) is 4.77. The van der Waals surface area contributed by atoms with Gasteiger partial charge in [0.15, 0.2) is 0 Å². The quantitative estimate of drug-likeness (QED) is 0.342. The first-order valence-corrected chi connectivity index (χ1v) is 12.0. The smallest absolute Gasteiger partial charge is 0.407 e. The Morgan fingerprint density at radius 3 is 1.89 bits per heavy atom. The van der Waals surface area contributed by atoms with Gasteiger partial charge in [0.1, 0.15) is 11.8 Å². The number of rotatable bonds is 16. The van der Waals surface area contributed by atoms with Gasteiger partial charge < -0.3 is 29.6 Å². The van der Waals surface area contributed by atoms with Crippen molar-refractivity contribution < 1.29 is 28.1 Å². The molecule has 0 aliphatic heterocycles. The van der Waals surface area contributed by atoms with Crippen LogP contribution in [0, 0.1) is 0 Å². The summed E-state index contributed by atoms with van der Waals surface area (Å²) in [6.45, 7) is 7.78. The summed E-state index contributed by atoms with van der Waals surface area (Å²) in [5.41, 5.74) is 1.65. The molecular formula is C27H39FN2O5. The van der Waals surface area contributed by atoms with Gasteiger partial charge in [-0.05, 0) is 31.9 Å². The molecule has 7 nitrogen and oxygen atoms in total. The van der Waals surface area contributed by atoms with E-state index in [9.17, 15) is 9.18 Å². The lowest BCUT2D eigenvalue weighted by Gasteiger charge is -2.21. The molecule has 1 atom stereocenters. The van der Waals surface area contributed by atoms with Gasteiger partial charge in [-0.1, -0.05) is 60.7 Å². The van der Waals surface area contributed by atoms with E-state index in [2.05, 4.69) is 10.6 Å². The Labute approximate surface area is 208 Å². The second-order valence-corrected chi connectivity index (χ2v) is 8.99. The lowest BCUT2D eigenvalue weighted by molar-refractivity contribution is 0.00355. The average molecular weight is 491 g/mol. The molecule has 1 amide bonds. The van der Waals surface area contributed by atoms with Gasteiger partial charge in [-0.25, -0.2) is 9.18 Å². The first-order valence-electron chi connectivity index (χ1n) is 12.0. The number of halogens is 1. The number of alkyl halides is 1. The lowest BCUT2D eigenvalue weighted by Crippen LogP contribution is -2.34. The SMILES string of the molecule is CC(C)(C)OC(=O)NCCOCCOCCOCC(F)CNC(c1ccccc1)c1ccccc1. The van der Waals surface area contributed by atoms with E-state index >= 15 is 0 Å². The third kappa shape index (κ3) is 13.2. The van der Waals surface area contributed by atoms with Crippen LogP contribution in [0.1, 0.15) is 37.9 Å². The summed E-state index contributed by atoms with van der Waals surface area (Å²) in [6.07, 6.45) is -1.60. The van der Waals surface area contributed by atoms with Gasteiger partial charge in [-0.3, -0.25) is 0 Å². The second kappa shape index (κ2) is 16.2. The molecule has 0 heterocycles. The number of carbonyl (C=O) groups excluding carboxylic acids is 1. The van der Waals surface area contributed by atoms with Gasteiger partial charge in [0.05, 0.1) is 45.7 Å². The fourth-order valence-electron chi connectivity index (χ4n) is 3.21. The molecule has 0 aromatic heterocycles. The van der Waals surface area contributed by atoms with Gasteiger partial charge >= 0.3 is 6.09 Å². The molecule has 2 N–H and O–H groups in total. The van der Waals surface area contributed by atoms with Crippen LogP contribution in [0.3, 0.4) is 0 Å². The van der Waals surface area contributed by atoms with Gasteiger partial charge in [-0.15, -0.1) is 0 Å². The maximum atomic E-state index is 14.4. The molecule has 2 aromatic carbocycles. The normalized spacial score (nSPS) is 12.5. The molecule has 8 heteroatoms. The molecule has 194 valence electrons. The van der Waals surface area contributed by atoms with Crippen molar-refractivity contribution in [3.63, 3.8) is 0 Å². The Bertz CT molecular complexity index is 778. The van der Waals surface area contributed by atoms with Crippen LogP contribution in [-0.2, 0) is 18.9 Å². The number of nitrogens with one attached hydrogen (secondary N) is 2. The number of alkyl carbamates (subject to hydrolysis) is 1. The van der Waals surface area contributed by atoms with E-state index in [0.29, 0.717) is 39.6 Å². The zero-order chi connectivity index (χ0) is 25.4. The number of carbonyl (C=O) groups is 1. The minimum Gasteiger partial charge on any atom is -0.444 e. The summed E-state index contributed by atoms with van der Waals surface area (Å²) in [5.74, 6) is 0. The summed E-state index contributed by atoms with van der Waals surface area (Å²) >= 11 is 0. The molecule has 2 aromatic rings. The first kappa shape index (κ1) is 28.7. The van der Waals surface area contributed by atoms with Crippen LogP contribution in [-0.4, -0.2) is 70.6 Å². The van der Waals surface area contributed by atoms with E-state index in [1.54, 1.807) is 0 Å². The largest absolute Gasteiger partial charge is 0.444 e. The van der Waals surface area contributed by atoms with Crippen LogP contribution in [0.2, 0.25) is 0 Å². The maximum absolute atomic E-state index is 14.4. The molecule has 0 aliphatic rings. The van der Waals surface area contributed by atoms with E-state index in [1.165, 1.54) is 0 Å². The molecule has 1 unspecified atom stereocenters. The Morgan fingerprint density at radius 1 is 0.829 bits per heavy atom. The Kier molecular flexibility index (Phi) is 13.3. The zero-order valence-corrected chi connectivity index (χ0v) is 21.0. The van der Waals surface area contributed by atoms with E-state index in [4.69, 9.17) is 18.9 Å². The predicted molar refractivity (Wildman–Crippen MR) is 134 cm³/mol. The highest BCUT2D eigenvalue weighted by Crippen LogP contribution is 2.21. The zero-order valence-electron chi connectivity index (χ0n) is 21.0. The lowest BCUT2D eigenvalue weighted by atomic mass is 9.98. The number of hydrogen-bond donors (Lipinski definition) is 2. The van der Waals surface area contributed by atoms with Gasteiger partial charge in [0, 0.05) is 13.1 Å². The van der Waals surface area contributed by atoms with Crippen molar-refractivity contribution in [3.8, 4) is 0 Å². The topological polar surface area (TPSA) is 78.1 Å². The summed E-state index contributed by atoms with van der Waals surface area (Å²) in [4.78, 5) is 11.5. The number of amides is 1. The van der Waals surface area contributed by atoms with Crippen LogP contribution in [0.4, 0.5) is 9.18 Å². The number of ether oxygens (including phenoxy) is 4. The first-order chi connectivity index (χ1) is 16.8. The van der Waals surface area contributed by atoms with Gasteiger partial charge in [0.25, 0.3) is 0 Å².